The maximum Gasteiger partial charge on any atom is 0.368 e. The lowest BCUT2D eigenvalue weighted by molar-refractivity contribution is -0.271. The molecule has 0 aliphatic carbocycles. The van der Waals surface area contributed by atoms with E-state index in [-0.39, 0.29) is 13.2 Å². The predicted molar refractivity (Wildman–Crippen MR) is 48.1 cm³/mol. The average Bonchev–Trinajstić information content (AvgIpc) is 2.15. The fourth-order valence-electron chi connectivity index (χ4n) is 0.518. The quantitative estimate of drug-likeness (QED) is 0.211. The lowest BCUT2D eigenvalue weighted by Crippen LogP contribution is -2.12. The Labute approximate surface area is 82.6 Å². The van der Waals surface area contributed by atoms with E-state index in [0.717, 1.165) is 0 Å². The van der Waals surface area contributed by atoms with Crippen LogP contribution in [0.2, 0.25) is 0 Å². The topological polar surface area (TPSA) is 61.8 Å². The van der Waals surface area contributed by atoms with Crippen LogP contribution in [0.1, 0.15) is 20.3 Å². The van der Waals surface area contributed by atoms with Crippen LogP contribution in [0.3, 0.4) is 0 Å². The summed E-state index contributed by atoms with van der Waals surface area (Å²) in [4.78, 5) is 30.0. The number of hydrogen-bond acceptors (Lipinski definition) is 5. The van der Waals surface area contributed by atoms with Crippen molar-refractivity contribution >= 4 is 11.9 Å². The largest absolute Gasteiger partial charge is 0.463 e. The Bertz CT molecular complexity index is 221. The third kappa shape index (κ3) is 6.19. The molecule has 5 heteroatoms. The Morgan fingerprint density at radius 2 is 1.93 bits per heavy atom. The standard InChI is InChI=1S/C9H14O5/c1-4-7(2)9(11)14-13-6-5-12-8(3)10/h2,4-6H2,1,3H3. The molecule has 0 rings (SSSR count). The first-order valence-electron chi connectivity index (χ1n) is 4.22. The summed E-state index contributed by atoms with van der Waals surface area (Å²) in [6, 6.07) is 0. The van der Waals surface area contributed by atoms with Gasteiger partial charge in [0, 0.05) is 12.5 Å². The van der Waals surface area contributed by atoms with Crippen molar-refractivity contribution in [1.82, 2.24) is 0 Å². The van der Waals surface area contributed by atoms with Crippen molar-refractivity contribution in [1.29, 1.82) is 0 Å². The van der Waals surface area contributed by atoms with E-state index in [4.69, 9.17) is 0 Å². The summed E-state index contributed by atoms with van der Waals surface area (Å²) in [5, 5.41) is 0. The van der Waals surface area contributed by atoms with E-state index >= 15 is 0 Å². The molecule has 14 heavy (non-hydrogen) atoms. The summed E-state index contributed by atoms with van der Waals surface area (Å²) in [6.07, 6.45) is 0.506. The minimum Gasteiger partial charge on any atom is -0.463 e. The molecule has 0 aromatic rings. The molecule has 0 atom stereocenters. The number of ether oxygens (including phenoxy) is 1. The van der Waals surface area contributed by atoms with Crippen molar-refractivity contribution < 1.29 is 24.1 Å². The Morgan fingerprint density at radius 3 is 2.43 bits per heavy atom. The lowest BCUT2D eigenvalue weighted by Gasteiger charge is -2.04. The van der Waals surface area contributed by atoms with Gasteiger partial charge in [0.1, 0.15) is 13.2 Å². The zero-order valence-electron chi connectivity index (χ0n) is 8.37. The molecule has 0 spiro atoms. The lowest BCUT2D eigenvalue weighted by atomic mass is 10.2. The van der Waals surface area contributed by atoms with Crippen LogP contribution in [0.25, 0.3) is 0 Å². The number of hydrogen-bond donors (Lipinski definition) is 0. The second kappa shape index (κ2) is 7.08. The average molecular weight is 202 g/mol. The minimum absolute atomic E-state index is 0.0162. The Kier molecular flexibility index (Phi) is 6.39. The SMILES string of the molecule is C=C(CC)C(=O)OOCCOC(C)=O. The number of rotatable bonds is 6. The van der Waals surface area contributed by atoms with E-state index in [0.29, 0.717) is 12.0 Å². The highest BCUT2D eigenvalue weighted by molar-refractivity contribution is 5.87. The third-order valence-electron chi connectivity index (χ3n) is 1.32. The molecule has 0 aromatic heterocycles. The highest BCUT2D eigenvalue weighted by Crippen LogP contribution is 1.99. The number of carbonyl (C=O) groups is 2. The monoisotopic (exact) mass is 202 g/mol. The Balaban J connectivity index is 3.41. The predicted octanol–water partition coefficient (Wildman–Crippen LogP) is 0.990. The van der Waals surface area contributed by atoms with Gasteiger partial charge in [0.2, 0.25) is 0 Å². The van der Waals surface area contributed by atoms with Crippen molar-refractivity contribution in [2.24, 2.45) is 0 Å². The van der Waals surface area contributed by atoms with Gasteiger partial charge in [-0.25, -0.2) is 4.79 Å². The van der Waals surface area contributed by atoms with E-state index in [2.05, 4.69) is 21.1 Å². The normalized spacial score (nSPS) is 9.29. The first-order valence-corrected chi connectivity index (χ1v) is 4.22. The molecule has 0 unspecified atom stereocenters. The molecular formula is C9H14O5. The zero-order chi connectivity index (χ0) is 11.0. The van der Waals surface area contributed by atoms with Gasteiger partial charge in [-0.2, -0.15) is 4.89 Å². The molecule has 0 aliphatic heterocycles. The highest BCUT2D eigenvalue weighted by Gasteiger charge is 2.06. The van der Waals surface area contributed by atoms with Gasteiger partial charge in [-0.15, -0.1) is 0 Å². The summed E-state index contributed by atoms with van der Waals surface area (Å²) in [5.41, 5.74) is 0.331. The maximum absolute atomic E-state index is 10.9. The molecule has 0 N–H and O–H groups in total. The summed E-state index contributed by atoms with van der Waals surface area (Å²) in [7, 11) is 0. The molecule has 80 valence electrons. The second-order valence-electron chi connectivity index (χ2n) is 2.49. The second-order valence-corrected chi connectivity index (χ2v) is 2.49. The fraction of sp³-hybridized carbons (Fsp3) is 0.556. The van der Waals surface area contributed by atoms with Gasteiger partial charge in [-0.05, 0) is 6.42 Å². The number of carbonyl (C=O) groups excluding carboxylic acids is 2. The Hall–Kier alpha value is -1.36. The van der Waals surface area contributed by atoms with Crippen LogP contribution in [-0.2, 0) is 24.1 Å². The van der Waals surface area contributed by atoms with Gasteiger partial charge in [0.25, 0.3) is 0 Å². The van der Waals surface area contributed by atoms with Crippen LogP contribution in [0.4, 0.5) is 0 Å². The van der Waals surface area contributed by atoms with E-state index in [1.54, 1.807) is 6.92 Å². The van der Waals surface area contributed by atoms with Crippen LogP contribution in [0.5, 0.6) is 0 Å². The van der Waals surface area contributed by atoms with Crippen molar-refractivity contribution in [2.75, 3.05) is 13.2 Å². The van der Waals surface area contributed by atoms with E-state index in [1.807, 2.05) is 0 Å². The van der Waals surface area contributed by atoms with E-state index in [1.165, 1.54) is 6.92 Å². The van der Waals surface area contributed by atoms with Crippen molar-refractivity contribution in [3.8, 4) is 0 Å². The van der Waals surface area contributed by atoms with Crippen LogP contribution in [0.15, 0.2) is 12.2 Å². The van der Waals surface area contributed by atoms with Gasteiger partial charge < -0.3 is 4.74 Å². The van der Waals surface area contributed by atoms with Crippen molar-refractivity contribution in [3.63, 3.8) is 0 Å². The first kappa shape index (κ1) is 12.6. The number of esters is 1. The van der Waals surface area contributed by atoms with Gasteiger partial charge in [-0.1, -0.05) is 13.5 Å². The molecule has 0 saturated heterocycles. The van der Waals surface area contributed by atoms with Crippen LogP contribution in [0, 0.1) is 0 Å². The maximum atomic E-state index is 10.9. The molecule has 0 bridgehead atoms. The molecule has 0 fully saturated rings. The van der Waals surface area contributed by atoms with E-state index in [9.17, 15) is 9.59 Å². The summed E-state index contributed by atoms with van der Waals surface area (Å²) < 4.78 is 4.53. The fourth-order valence-corrected chi connectivity index (χ4v) is 0.518. The van der Waals surface area contributed by atoms with E-state index < -0.39 is 11.9 Å². The summed E-state index contributed by atoms with van der Waals surface area (Å²) in [6.45, 7) is 6.60. The molecule has 0 amide bonds. The zero-order valence-corrected chi connectivity index (χ0v) is 8.37. The van der Waals surface area contributed by atoms with Crippen molar-refractivity contribution in [3.05, 3.63) is 12.2 Å². The molecule has 0 heterocycles. The molecule has 0 saturated carbocycles. The molecule has 0 aliphatic rings. The highest BCUT2D eigenvalue weighted by atomic mass is 17.2. The van der Waals surface area contributed by atoms with Crippen LogP contribution < -0.4 is 0 Å². The molecular weight excluding hydrogens is 188 g/mol. The van der Waals surface area contributed by atoms with Crippen molar-refractivity contribution in [2.45, 2.75) is 20.3 Å². The van der Waals surface area contributed by atoms with Crippen LogP contribution in [-0.4, -0.2) is 25.2 Å². The van der Waals surface area contributed by atoms with Gasteiger partial charge >= 0.3 is 11.9 Å². The van der Waals surface area contributed by atoms with Gasteiger partial charge in [-0.3, -0.25) is 9.68 Å². The van der Waals surface area contributed by atoms with Gasteiger partial charge in [0.15, 0.2) is 0 Å². The third-order valence-corrected chi connectivity index (χ3v) is 1.32. The summed E-state index contributed by atoms with van der Waals surface area (Å²) >= 11 is 0. The first-order chi connectivity index (χ1) is 6.57. The van der Waals surface area contributed by atoms with Crippen LogP contribution >= 0.6 is 0 Å². The Morgan fingerprint density at radius 1 is 1.29 bits per heavy atom. The summed E-state index contributed by atoms with van der Waals surface area (Å²) in [5.74, 6) is -1.01. The molecule has 0 radical (unpaired) electrons. The molecule has 0 aromatic carbocycles. The minimum atomic E-state index is -0.602. The van der Waals surface area contributed by atoms with Gasteiger partial charge in [0.05, 0.1) is 0 Å². The smallest absolute Gasteiger partial charge is 0.368 e. The molecule has 5 nitrogen and oxygen atoms in total.